The monoisotopic (exact) mass is 285 g/mol. The number of sulfonamides is 1. The predicted molar refractivity (Wildman–Crippen MR) is 60.9 cm³/mol. The minimum absolute atomic E-state index is 0.0363. The van der Waals surface area contributed by atoms with Gasteiger partial charge >= 0.3 is 5.97 Å². The van der Waals surface area contributed by atoms with Gasteiger partial charge in [0.1, 0.15) is 16.4 Å². The summed E-state index contributed by atoms with van der Waals surface area (Å²) in [5, 5.41) is 7.73. The van der Waals surface area contributed by atoms with E-state index in [0.29, 0.717) is 0 Å². The van der Waals surface area contributed by atoms with Gasteiger partial charge in [0.15, 0.2) is 0 Å². The molecule has 1 saturated heterocycles. The van der Waals surface area contributed by atoms with Crippen LogP contribution in [0.25, 0.3) is 0 Å². The second-order valence-corrected chi connectivity index (χ2v) is 8.67. The molecule has 0 spiro atoms. The van der Waals surface area contributed by atoms with Gasteiger partial charge in [-0.2, -0.15) is 4.31 Å². The van der Waals surface area contributed by atoms with Crippen molar-refractivity contribution in [1.29, 1.82) is 0 Å². The molecule has 100 valence electrons. The van der Waals surface area contributed by atoms with Gasteiger partial charge in [-0.3, -0.25) is 4.79 Å². The molecule has 0 bridgehead atoms. The second-order valence-electron chi connectivity index (χ2n) is 4.05. The lowest BCUT2D eigenvalue weighted by Gasteiger charge is -2.26. The van der Waals surface area contributed by atoms with Crippen molar-refractivity contribution in [2.45, 2.75) is 18.1 Å². The van der Waals surface area contributed by atoms with Crippen molar-refractivity contribution in [3.8, 4) is 0 Å². The predicted octanol–water partition coefficient (Wildman–Crippen LogP) is -1.09. The maximum Gasteiger partial charge on any atom is 0.318 e. The molecule has 1 N–H and O–H groups in total. The van der Waals surface area contributed by atoms with Gasteiger partial charge in [-0.1, -0.05) is 0 Å². The fourth-order valence-electron chi connectivity index (χ4n) is 1.70. The summed E-state index contributed by atoms with van der Waals surface area (Å²) in [6, 6.07) is 0. The SMILES string of the molecule is CN(CC(=O)O)S(=O)(=O)C1CCS(=O)(=O)CC1. The van der Waals surface area contributed by atoms with Crippen molar-refractivity contribution in [3.63, 3.8) is 0 Å². The molecule has 0 aromatic heterocycles. The number of sulfone groups is 1. The number of likely N-dealkylation sites (N-methyl/N-ethyl adjacent to an activating group) is 1. The standard InChI is InChI=1S/C8H15NO6S2/c1-9(6-8(10)11)17(14,15)7-2-4-16(12,13)5-3-7/h7H,2-6H2,1H3,(H,10,11). The van der Waals surface area contributed by atoms with Crippen molar-refractivity contribution in [3.05, 3.63) is 0 Å². The molecule has 9 heteroatoms. The Morgan fingerprint density at radius 1 is 1.35 bits per heavy atom. The smallest absolute Gasteiger partial charge is 0.318 e. The van der Waals surface area contributed by atoms with Crippen LogP contribution in [0, 0.1) is 0 Å². The van der Waals surface area contributed by atoms with Gasteiger partial charge in [0, 0.05) is 7.05 Å². The molecule has 1 fully saturated rings. The summed E-state index contributed by atoms with van der Waals surface area (Å²) < 4.78 is 46.9. The third-order valence-corrected chi connectivity index (χ3v) is 6.74. The molecule has 0 saturated carbocycles. The van der Waals surface area contributed by atoms with Crippen LogP contribution in [0.15, 0.2) is 0 Å². The van der Waals surface area contributed by atoms with Crippen LogP contribution in [-0.2, 0) is 24.7 Å². The third-order valence-electron chi connectivity index (χ3n) is 2.72. The molecule has 0 unspecified atom stereocenters. The van der Waals surface area contributed by atoms with E-state index in [1.165, 1.54) is 7.05 Å². The molecule has 0 aromatic rings. The van der Waals surface area contributed by atoms with Gasteiger partial charge in [-0.25, -0.2) is 16.8 Å². The molecule has 0 aliphatic carbocycles. The van der Waals surface area contributed by atoms with Crippen LogP contribution in [0.3, 0.4) is 0 Å². The number of aliphatic carboxylic acids is 1. The van der Waals surface area contributed by atoms with E-state index in [-0.39, 0.29) is 24.3 Å². The lowest BCUT2D eigenvalue weighted by atomic mass is 10.2. The summed E-state index contributed by atoms with van der Waals surface area (Å²) in [4.78, 5) is 10.4. The molecule has 17 heavy (non-hydrogen) atoms. The van der Waals surface area contributed by atoms with Gasteiger partial charge < -0.3 is 5.11 Å². The quantitative estimate of drug-likeness (QED) is 0.703. The van der Waals surface area contributed by atoms with E-state index in [1.807, 2.05) is 0 Å². The molecule has 0 radical (unpaired) electrons. The van der Waals surface area contributed by atoms with E-state index in [1.54, 1.807) is 0 Å². The summed E-state index contributed by atoms with van der Waals surface area (Å²) >= 11 is 0. The summed E-state index contributed by atoms with van der Waals surface area (Å²) in [5.74, 6) is -1.55. The molecule has 1 aliphatic rings. The van der Waals surface area contributed by atoms with Crippen LogP contribution < -0.4 is 0 Å². The van der Waals surface area contributed by atoms with Crippen LogP contribution in [0.2, 0.25) is 0 Å². The highest BCUT2D eigenvalue weighted by Gasteiger charge is 2.35. The van der Waals surface area contributed by atoms with Crippen LogP contribution in [0.4, 0.5) is 0 Å². The fourth-order valence-corrected chi connectivity index (χ4v) is 5.12. The Bertz CT molecular complexity index is 480. The average Bonchev–Trinajstić information content (AvgIpc) is 2.15. The first kappa shape index (κ1) is 14.4. The number of carboxylic acid groups (broad SMARTS) is 1. The van der Waals surface area contributed by atoms with Gasteiger partial charge in [0.25, 0.3) is 0 Å². The number of carboxylic acids is 1. The highest BCUT2D eigenvalue weighted by atomic mass is 32.2. The molecular formula is C8H15NO6S2. The number of hydrogen-bond donors (Lipinski definition) is 1. The van der Waals surface area contributed by atoms with E-state index < -0.39 is 37.6 Å². The van der Waals surface area contributed by atoms with Crippen LogP contribution in [0.1, 0.15) is 12.8 Å². The first-order chi connectivity index (χ1) is 7.65. The van der Waals surface area contributed by atoms with Crippen LogP contribution >= 0.6 is 0 Å². The largest absolute Gasteiger partial charge is 0.480 e. The highest BCUT2D eigenvalue weighted by molar-refractivity contribution is 7.92. The normalized spacial score (nSPS) is 21.5. The molecule has 0 amide bonds. The zero-order valence-electron chi connectivity index (χ0n) is 9.37. The van der Waals surface area contributed by atoms with Gasteiger partial charge in [0.05, 0.1) is 16.8 Å². The molecule has 1 rings (SSSR count). The van der Waals surface area contributed by atoms with Gasteiger partial charge in [0.2, 0.25) is 10.0 Å². The second kappa shape index (κ2) is 4.91. The summed E-state index contributed by atoms with van der Waals surface area (Å²) in [5.41, 5.74) is 0. The molecule has 1 aliphatic heterocycles. The Hall–Kier alpha value is -0.670. The van der Waals surface area contributed by atoms with Crippen molar-refractivity contribution in [2.24, 2.45) is 0 Å². The summed E-state index contributed by atoms with van der Waals surface area (Å²) in [7, 11) is -5.66. The average molecular weight is 285 g/mol. The number of nitrogens with zero attached hydrogens (tertiary/aromatic N) is 1. The first-order valence-electron chi connectivity index (χ1n) is 5.02. The molecular weight excluding hydrogens is 270 g/mol. The van der Waals surface area contributed by atoms with E-state index in [0.717, 1.165) is 4.31 Å². The minimum Gasteiger partial charge on any atom is -0.480 e. The zero-order valence-corrected chi connectivity index (χ0v) is 11.0. The number of hydrogen-bond acceptors (Lipinski definition) is 5. The van der Waals surface area contributed by atoms with Gasteiger partial charge in [-0.15, -0.1) is 0 Å². The maximum absolute atomic E-state index is 11.9. The lowest BCUT2D eigenvalue weighted by molar-refractivity contribution is -0.137. The number of rotatable bonds is 4. The fraction of sp³-hybridized carbons (Fsp3) is 0.875. The van der Waals surface area contributed by atoms with Crippen LogP contribution in [0.5, 0.6) is 0 Å². The highest BCUT2D eigenvalue weighted by Crippen LogP contribution is 2.21. The van der Waals surface area contributed by atoms with Crippen molar-refractivity contribution >= 4 is 25.8 Å². The Balaban J connectivity index is 2.76. The van der Waals surface area contributed by atoms with E-state index in [9.17, 15) is 21.6 Å². The topological polar surface area (TPSA) is 109 Å². The van der Waals surface area contributed by atoms with Crippen molar-refractivity contribution in [1.82, 2.24) is 4.31 Å². The summed E-state index contributed by atoms with van der Waals surface area (Å²) in [6.07, 6.45) is 0.0727. The molecule has 0 atom stereocenters. The van der Waals surface area contributed by atoms with E-state index >= 15 is 0 Å². The lowest BCUT2D eigenvalue weighted by Crippen LogP contribution is -2.42. The maximum atomic E-state index is 11.9. The van der Waals surface area contributed by atoms with E-state index in [4.69, 9.17) is 5.11 Å². The summed E-state index contributed by atoms with van der Waals surface area (Å²) in [6.45, 7) is -0.606. The van der Waals surface area contributed by atoms with Crippen molar-refractivity contribution < 1.29 is 26.7 Å². The molecule has 1 heterocycles. The van der Waals surface area contributed by atoms with Crippen molar-refractivity contribution in [2.75, 3.05) is 25.1 Å². The zero-order chi connectivity index (χ0) is 13.3. The number of carbonyl (C=O) groups is 1. The minimum atomic E-state index is -3.72. The van der Waals surface area contributed by atoms with Crippen LogP contribution in [-0.4, -0.2) is 62.6 Å². The van der Waals surface area contributed by atoms with Gasteiger partial charge in [-0.05, 0) is 12.8 Å². The Labute approximate surface area is 100 Å². The Morgan fingerprint density at radius 3 is 2.24 bits per heavy atom. The Morgan fingerprint density at radius 2 is 1.82 bits per heavy atom. The third kappa shape index (κ3) is 3.65. The molecule has 0 aromatic carbocycles. The molecule has 7 nitrogen and oxygen atoms in total. The van der Waals surface area contributed by atoms with E-state index in [2.05, 4.69) is 0 Å². The first-order valence-corrected chi connectivity index (χ1v) is 8.35. The Kier molecular flexibility index (Phi) is 4.15.